The first-order valence-electron chi connectivity index (χ1n) is 9.19. The van der Waals surface area contributed by atoms with Gasteiger partial charge in [-0.1, -0.05) is 25.0 Å². The number of hydrogen-bond acceptors (Lipinski definition) is 3. The average molecular weight is 345 g/mol. The fourth-order valence-electron chi connectivity index (χ4n) is 3.63. The third-order valence-corrected chi connectivity index (χ3v) is 5.08. The number of nitrogens with two attached hydrogens (primary N) is 1. The van der Waals surface area contributed by atoms with Gasteiger partial charge in [-0.2, -0.15) is 0 Å². The number of nitrogens with one attached hydrogen (secondary N) is 1. The minimum atomic E-state index is -0.553. The molecule has 2 fully saturated rings. The molecule has 6 heteroatoms. The maximum Gasteiger partial charge on any atom is 0.312 e. The molecule has 3 rings (SSSR count). The van der Waals surface area contributed by atoms with E-state index in [4.69, 9.17) is 10.5 Å². The number of likely N-dealkylation sites (tertiary alicyclic amines) is 1. The van der Waals surface area contributed by atoms with E-state index < -0.39 is 6.03 Å². The molecule has 1 aromatic rings. The van der Waals surface area contributed by atoms with Crippen molar-refractivity contribution in [3.8, 4) is 0 Å². The number of benzene rings is 1. The van der Waals surface area contributed by atoms with Gasteiger partial charge in [-0.25, -0.2) is 4.79 Å². The zero-order chi connectivity index (χ0) is 17.6. The molecular formula is C19H27N3O3. The third kappa shape index (κ3) is 4.95. The van der Waals surface area contributed by atoms with Crippen molar-refractivity contribution in [3.05, 3.63) is 35.4 Å². The Morgan fingerprint density at radius 2 is 1.64 bits per heavy atom. The number of amides is 3. The van der Waals surface area contributed by atoms with E-state index in [2.05, 4.69) is 5.32 Å². The second-order valence-electron chi connectivity index (χ2n) is 6.95. The number of piperidine rings is 1. The topological polar surface area (TPSA) is 84.7 Å². The van der Waals surface area contributed by atoms with Crippen LogP contribution in [-0.2, 0) is 11.3 Å². The lowest BCUT2D eigenvalue weighted by Gasteiger charge is -2.33. The fraction of sp³-hybridized carbons (Fsp3) is 0.579. The molecule has 1 aliphatic carbocycles. The Morgan fingerprint density at radius 3 is 2.24 bits per heavy atom. The molecule has 3 N–H and O–H groups in total. The lowest BCUT2D eigenvalue weighted by atomic mass is 10.0. The van der Waals surface area contributed by atoms with E-state index in [1.165, 1.54) is 25.7 Å². The molecule has 0 aromatic heterocycles. The number of ether oxygens (including phenoxy) is 1. The summed E-state index contributed by atoms with van der Waals surface area (Å²) < 4.78 is 6.17. The van der Waals surface area contributed by atoms with Gasteiger partial charge in [0, 0.05) is 25.2 Å². The predicted molar refractivity (Wildman–Crippen MR) is 95.1 cm³/mol. The van der Waals surface area contributed by atoms with Crippen LogP contribution in [0.3, 0.4) is 0 Å². The molecule has 0 unspecified atom stereocenters. The number of hydrogen-bond donors (Lipinski definition) is 2. The Bertz CT molecular complexity index is 588. The summed E-state index contributed by atoms with van der Waals surface area (Å²) in [4.78, 5) is 25.3. The molecule has 136 valence electrons. The van der Waals surface area contributed by atoms with Crippen molar-refractivity contribution in [1.82, 2.24) is 10.2 Å². The SMILES string of the molecule is NC(=O)NCc1ccc(C(=O)N2CCC(OC3CCCC3)CC2)cc1. The summed E-state index contributed by atoms with van der Waals surface area (Å²) in [6, 6.07) is 6.75. The summed E-state index contributed by atoms with van der Waals surface area (Å²) >= 11 is 0. The predicted octanol–water partition coefficient (Wildman–Crippen LogP) is 2.42. The Balaban J connectivity index is 1.47. The number of urea groups is 1. The summed E-state index contributed by atoms with van der Waals surface area (Å²) in [6.07, 6.45) is 7.53. The van der Waals surface area contributed by atoms with E-state index in [1.807, 2.05) is 29.2 Å². The maximum absolute atomic E-state index is 12.6. The first-order valence-corrected chi connectivity index (χ1v) is 9.19. The van der Waals surface area contributed by atoms with Crippen LogP contribution in [0.5, 0.6) is 0 Å². The van der Waals surface area contributed by atoms with Gasteiger partial charge in [0.25, 0.3) is 5.91 Å². The number of rotatable bonds is 5. The van der Waals surface area contributed by atoms with Gasteiger partial charge in [0.1, 0.15) is 0 Å². The first-order chi connectivity index (χ1) is 12.1. The molecule has 0 radical (unpaired) electrons. The second-order valence-corrected chi connectivity index (χ2v) is 6.95. The molecule has 1 aromatic carbocycles. The molecule has 1 heterocycles. The molecule has 6 nitrogen and oxygen atoms in total. The summed E-state index contributed by atoms with van der Waals surface area (Å²) in [5.74, 6) is 0.0636. The van der Waals surface area contributed by atoms with Crippen molar-refractivity contribution in [1.29, 1.82) is 0 Å². The van der Waals surface area contributed by atoms with Crippen molar-refractivity contribution in [2.45, 2.75) is 57.3 Å². The van der Waals surface area contributed by atoms with Gasteiger partial charge in [0.05, 0.1) is 12.2 Å². The lowest BCUT2D eigenvalue weighted by Crippen LogP contribution is -2.41. The van der Waals surface area contributed by atoms with Gasteiger partial charge in [-0.05, 0) is 43.4 Å². The lowest BCUT2D eigenvalue weighted by molar-refractivity contribution is -0.0357. The van der Waals surface area contributed by atoms with E-state index in [-0.39, 0.29) is 5.91 Å². The quantitative estimate of drug-likeness (QED) is 0.859. The summed E-state index contributed by atoms with van der Waals surface area (Å²) in [5, 5.41) is 2.54. The van der Waals surface area contributed by atoms with E-state index in [1.54, 1.807) is 0 Å². The zero-order valence-corrected chi connectivity index (χ0v) is 14.6. The van der Waals surface area contributed by atoms with Gasteiger partial charge in [0.2, 0.25) is 0 Å². The highest BCUT2D eigenvalue weighted by molar-refractivity contribution is 5.94. The van der Waals surface area contributed by atoms with Crippen LogP contribution in [-0.4, -0.2) is 42.1 Å². The summed E-state index contributed by atoms with van der Waals surface area (Å²) in [5.41, 5.74) is 6.65. The Kier molecular flexibility index (Phi) is 5.91. The molecule has 1 saturated carbocycles. The molecule has 25 heavy (non-hydrogen) atoms. The number of nitrogens with zero attached hydrogens (tertiary/aromatic N) is 1. The minimum Gasteiger partial charge on any atom is -0.375 e. The molecule has 1 saturated heterocycles. The molecule has 3 amide bonds. The fourth-order valence-corrected chi connectivity index (χ4v) is 3.63. The van der Waals surface area contributed by atoms with Crippen LogP contribution in [0.4, 0.5) is 4.79 Å². The van der Waals surface area contributed by atoms with Crippen LogP contribution in [0.1, 0.15) is 54.4 Å². The highest BCUT2D eigenvalue weighted by Crippen LogP contribution is 2.25. The van der Waals surface area contributed by atoms with Gasteiger partial charge < -0.3 is 20.7 Å². The van der Waals surface area contributed by atoms with Crippen LogP contribution in [0.15, 0.2) is 24.3 Å². The van der Waals surface area contributed by atoms with Crippen molar-refractivity contribution in [3.63, 3.8) is 0 Å². The highest BCUT2D eigenvalue weighted by Gasteiger charge is 2.27. The van der Waals surface area contributed by atoms with Gasteiger partial charge >= 0.3 is 6.03 Å². The summed E-state index contributed by atoms with van der Waals surface area (Å²) in [7, 11) is 0. The standard InChI is InChI=1S/C19H27N3O3/c20-19(24)21-13-14-5-7-15(8-6-14)18(23)22-11-9-17(10-12-22)25-16-3-1-2-4-16/h5-8,16-17H,1-4,9-13H2,(H3,20,21,24). The van der Waals surface area contributed by atoms with Crippen molar-refractivity contribution < 1.29 is 14.3 Å². The molecule has 0 atom stereocenters. The smallest absolute Gasteiger partial charge is 0.312 e. The Morgan fingerprint density at radius 1 is 1.04 bits per heavy atom. The van der Waals surface area contributed by atoms with Gasteiger partial charge in [-0.3, -0.25) is 4.79 Å². The molecule has 2 aliphatic rings. The van der Waals surface area contributed by atoms with Crippen LogP contribution in [0.2, 0.25) is 0 Å². The minimum absolute atomic E-state index is 0.0636. The molecule has 1 aliphatic heterocycles. The van der Waals surface area contributed by atoms with Crippen LogP contribution >= 0.6 is 0 Å². The van der Waals surface area contributed by atoms with Crippen LogP contribution < -0.4 is 11.1 Å². The normalized spacial score (nSPS) is 19.1. The average Bonchev–Trinajstić information content (AvgIpc) is 3.13. The second kappa shape index (κ2) is 8.34. The van der Waals surface area contributed by atoms with E-state index in [9.17, 15) is 9.59 Å². The number of carbonyl (C=O) groups is 2. The monoisotopic (exact) mass is 345 g/mol. The van der Waals surface area contributed by atoms with Crippen LogP contribution in [0, 0.1) is 0 Å². The van der Waals surface area contributed by atoms with E-state index >= 15 is 0 Å². The van der Waals surface area contributed by atoms with Crippen molar-refractivity contribution in [2.24, 2.45) is 5.73 Å². The van der Waals surface area contributed by atoms with E-state index in [0.717, 1.165) is 31.5 Å². The Hall–Kier alpha value is -2.08. The van der Waals surface area contributed by atoms with Gasteiger partial charge in [0.15, 0.2) is 0 Å². The van der Waals surface area contributed by atoms with E-state index in [0.29, 0.717) is 24.3 Å². The Labute approximate surface area is 148 Å². The summed E-state index contributed by atoms with van der Waals surface area (Å²) in [6.45, 7) is 1.87. The largest absolute Gasteiger partial charge is 0.375 e. The van der Waals surface area contributed by atoms with Crippen LogP contribution in [0.25, 0.3) is 0 Å². The zero-order valence-electron chi connectivity index (χ0n) is 14.6. The van der Waals surface area contributed by atoms with Crippen molar-refractivity contribution in [2.75, 3.05) is 13.1 Å². The molecule has 0 bridgehead atoms. The number of carbonyl (C=O) groups excluding carboxylic acids is 2. The highest BCUT2D eigenvalue weighted by atomic mass is 16.5. The first kappa shape index (κ1) is 17.7. The maximum atomic E-state index is 12.6. The van der Waals surface area contributed by atoms with Crippen molar-refractivity contribution >= 4 is 11.9 Å². The third-order valence-electron chi connectivity index (χ3n) is 5.08. The number of primary amides is 1. The van der Waals surface area contributed by atoms with Gasteiger partial charge in [-0.15, -0.1) is 0 Å². The molecular weight excluding hydrogens is 318 g/mol. The molecule has 0 spiro atoms.